The molecule has 0 amide bonds. The van der Waals surface area contributed by atoms with Gasteiger partial charge in [0.2, 0.25) is 10.0 Å². The van der Waals surface area contributed by atoms with Gasteiger partial charge in [-0.05, 0) is 19.1 Å². The second-order valence-corrected chi connectivity index (χ2v) is 6.61. The lowest BCUT2D eigenvalue weighted by molar-refractivity contribution is -0.142. The number of rotatable bonds is 6. The molecule has 0 unspecified atom stereocenters. The fourth-order valence-corrected chi connectivity index (χ4v) is 3.95. The summed E-state index contributed by atoms with van der Waals surface area (Å²) in [5.41, 5.74) is 0. The highest BCUT2D eigenvalue weighted by Gasteiger charge is 2.22. The van der Waals surface area contributed by atoms with Crippen LogP contribution >= 0.6 is 34.8 Å². The summed E-state index contributed by atoms with van der Waals surface area (Å²) in [6.45, 7) is 1.78. The normalized spacial score (nSPS) is 11.4. The van der Waals surface area contributed by atoms with Crippen molar-refractivity contribution in [2.75, 3.05) is 13.2 Å². The molecule has 1 aromatic rings. The molecular formula is C11H12Cl3NO4S. The number of ether oxygens (including phenoxy) is 1. The van der Waals surface area contributed by atoms with E-state index in [-0.39, 0.29) is 39.5 Å². The highest BCUT2D eigenvalue weighted by Crippen LogP contribution is 2.32. The van der Waals surface area contributed by atoms with E-state index in [9.17, 15) is 13.2 Å². The van der Waals surface area contributed by atoms with Crippen LogP contribution in [0.3, 0.4) is 0 Å². The van der Waals surface area contributed by atoms with Crippen LogP contribution in [0.5, 0.6) is 0 Å². The van der Waals surface area contributed by atoms with E-state index in [0.717, 1.165) is 0 Å². The second kappa shape index (κ2) is 7.47. The van der Waals surface area contributed by atoms with E-state index in [4.69, 9.17) is 34.8 Å². The number of hydrogen-bond acceptors (Lipinski definition) is 4. The third-order valence-electron chi connectivity index (χ3n) is 2.16. The van der Waals surface area contributed by atoms with Gasteiger partial charge in [-0.15, -0.1) is 0 Å². The number of carbonyl (C=O) groups excluding carboxylic acids is 1. The van der Waals surface area contributed by atoms with Crippen LogP contribution in [-0.2, 0) is 19.6 Å². The van der Waals surface area contributed by atoms with Crippen molar-refractivity contribution in [1.82, 2.24) is 4.72 Å². The van der Waals surface area contributed by atoms with Gasteiger partial charge in [-0.3, -0.25) is 4.79 Å². The lowest BCUT2D eigenvalue weighted by atomic mass is 10.4. The molecule has 9 heteroatoms. The van der Waals surface area contributed by atoms with Gasteiger partial charge in [0.15, 0.2) is 0 Å². The summed E-state index contributed by atoms with van der Waals surface area (Å²) in [6.07, 6.45) is -0.0874. The number of hydrogen-bond donors (Lipinski definition) is 1. The smallest absolute Gasteiger partial charge is 0.307 e. The van der Waals surface area contributed by atoms with E-state index in [1.807, 2.05) is 0 Å². The summed E-state index contributed by atoms with van der Waals surface area (Å²) in [7, 11) is -3.93. The zero-order chi connectivity index (χ0) is 15.3. The minimum atomic E-state index is -3.93. The Morgan fingerprint density at radius 3 is 2.30 bits per heavy atom. The van der Waals surface area contributed by atoms with E-state index in [0.29, 0.717) is 0 Å². The van der Waals surface area contributed by atoms with Crippen LogP contribution in [0.2, 0.25) is 15.1 Å². The Balaban J connectivity index is 2.82. The van der Waals surface area contributed by atoms with Crippen LogP contribution in [0.15, 0.2) is 17.0 Å². The first-order valence-electron chi connectivity index (χ1n) is 5.57. The number of halogens is 3. The third kappa shape index (κ3) is 4.79. The van der Waals surface area contributed by atoms with Gasteiger partial charge in [0.05, 0.1) is 23.1 Å². The molecule has 0 aliphatic rings. The minimum Gasteiger partial charge on any atom is -0.466 e. The molecule has 0 aromatic heterocycles. The molecule has 112 valence electrons. The van der Waals surface area contributed by atoms with E-state index in [1.165, 1.54) is 12.1 Å². The summed E-state index contributed by atoms with van der Waals surface area (Å²) in [4.78, 5) is 10.8. The summed E-state index contributed by atoms with van der Waals surface area (Å²) in [5.74, 6) is -0.497. The topological polar surface area (TPSA) is 72.5 Å². The Bertz CT molecular complexity index is 581. The molecule has 0 radical (unpaired) electrons. The summed E-state index contributed by atoms with van der Waals surface area (Å²) < 4.78 is 31.0. The lowest BCUT2D eigenvalue weighted by Crippen LogP contribution is -2.27. The molecule has 0 heterocycles. The second-order valence-electron chi connectivity index (χ2n) is 3.65. The molecule has 0 fully saturated rings. The van der Waals surface area contributed by atoms with Crippen molar-refractivity contribution in [3.8, 4) is 0 Å². The van der Waals surface area contributed by atoms with Crippen LogP contribution < -0.4 is 4.72 Å². The first-order valence-corrected chi connectivity index (χ1v) is 8.19. The average molecular weight is 361 g/mol. The van der Waals surface area contributed by atoms with Gasteiger partial charge < -0.3 is 4.74 Å². The molecule has 0 saturated heterocycles. The standard InChI is InChI=1S/C11H12Cl3NO4S/c1-2-19-10(16)3-4-15-20(17,18)11-8(13)5-7(12)6-9(11)14/h5-6,15H,2-4H2,1H3. The Morgan fingerprint density at radius 2 is 1.80 bits per heavy atom. The van der Waals surface area contributed by atoms with Gasteiger partial charge in [-0.25, -0.2) is 13.1 Å². The molecule has 0 bridgehead atoms. The number of benzene rings is 1. The van der Waals surface area contributed by atoms with E-state index in [2.05, 4.69) is 9.46 Å². The zero-order valence-corrected chi connectivity index (χ0v) is 13.5. The van der Waals surface area contributed by atoms with Crippen LogP contribution in [0, 0.1) is 0 Å². The van der Waals surface area contributed by atoms with E-state index >= 15 is 0 Å². The predicted octanol–water partition coefficient (Wildman–Crippen LogP) is 2.88. The lowest BCUT2D eigenvalue weighted by Gasteiger charge is -2.10. The Labute approximate surface area is 132 Å². The van der Waals surface area contributed by atoms with Gasteiger partial charge in [0, 0.05) is 11.6 Å². The quantitative estimate of drug-likeness (QED) is 0.792. The van der Waals surface area contributed by atoms with Crippen molar-refractivity contribution in [2.24, 2.45) is 0 Å². The van der Waals surface area contributed by atoms with Crippen molar-refractivity contribution in [2.45, 2.75) is 18.2 Å². The molecule has 5 nitrogen and oxygen atoms in total. The van der Waals surface area contributed by atoms with Gasteiger partial charge in [-0.2, -0.15) is 0 Å². The zero-order valence-electron chi connectivity index (χ0n) is 10.5. The van der Waals surface area contributed by atoms with Crippen molar-refractivity contribution >= 4 is 50.8 Å². The summed E-state index contributed by atoms with van der Waals surface area (Å²) in [6, 6.07) is 2.55. The maximum absolute atomic E-state index is 12.0. The molecule has 0 saturated carbocycles. The van der Waals surface area contributed by atoms with Gasteiger partial charge in [0.25, 0.3) is 0 Å². The molecule has 1 aromatic carbocycles. The molecule has 0 atom stereocenters. The monoisotopic (exact) mass is 359 g/mol. The van der Waals surface area contributed by atoms with Crippen LogP contribution in [0.1, 0.15) is 13.3 Å². The van der Waals surface area contributed by atoms with Crippen LogP contribution in [0.4, 0.5) is 0 Å². The summed E-state index contributed by atoms with van der Waals surface area (Å²) in [5, 5.41) is 0.0442. The average Bonchev–Trinajstić information content (AvgIpc) is 2.26. The SMILES string of the molecule is CCOC(=O)CCNS(=O)(=O)c1c(Cl)cc(Cl)cc1Cl. The van der Waals surface area contributed by atoms with Crippen LogP contribution in [-0.4, -0.2) is 27.5 Å². The maximum atomic E-state index is 12.0. The van der Waals surface area contributed by atoms with Gasteiger partial charge in [-0.1, -0.05) is 34.8 Å². The Morgan fingerprint density at radius 1 is 1.25 bits per heavy atom. The first-order chi connectivity index (χ1) is 9.27. The highest BCUT2D eigenvalue weighted by atomic mass is 35.5. The van der Waals surface area contributed by atoms with E-state index < -0.39 is 16.0 Å². The van der Waals surface area contributed by atoms with Crippen molar-refractivity contribution < 1.29 is 17.9 Å². The maximum Gasteiger partial charge on any atom is 0.307 e. The molecule has 0 aliphatic carbocycles. The van der Waals surface area contributed by atoms with Crippen molar-refractivity contribution in [1.29, 1.82) is 0 Å². The fraction of sp³-hybridized carbons (Fsp3) is 0.364. The number of carbonyl (C=O) groups is 1. The first kappa shape index (κ1) is 17.5. The molecule has 0 spiro atoms. The third-order valence-corrected chi connectivity index (χ3v) is 4.76. The molecule has 0 aliphatic heterocycles. The minimum absolute atomic E-state index is 0.0874. The largest absolute Gasteiger partial charge is 0.466 e. The highest BCUT2D eigenvalue weighted by molar-refractivity contribution is 7.89. The number of nitrogens with one attached hydrogen (secondary N) is 1. The fourth-order valence-electron chi connectivity index (χ4n) is 1.38. The molecule has 1 rings (SSSR count). The van der Waals surface area contributed by atoms with E-state index in [1.54, 1.807) is 6.92 Å². The Kier molecular flexibility index (Phi) is 6.54. The van der Waals surface area contributed by atoms with Crippen molar-refractivity contribution in [3.05, 3.63) is 27.2 Å². The number of sulfonamides is 1. The molecule has 20 heavy (non-hydrogen) atoms. The Hall–Kier alpha value is -0.530. The van der Waals surface area contributed by atoms with Crippen LogP contribution in [0.25, 0.3) is 0 Å². The number of esters is 1. The van der Waals surface area contributed by atoms with Gasteiger partial charge in [0.1, 0.15) is 4.90 Å². The van der Waals surface area contributed by atoms with Gasteiger partial charge >= 0.3 is 5.97 Å². The predicted molar refractivity (Wildman–Crippen MR) is 77.9 cm³/mol. The molecule has 1 N–H and O–H groups in total. The summed E-state index contributed by atoms with van der Waals surface area (Å²) >= 11 is 17.4. The molecular weight excluding hydrogens is 349 g/mol. The van der Waals surface area contributed by atoms with Crippen molar-refractivity contribution in [3.63, 3.8) is 0 Å².